The number of amides is 1. The number of hydrogen-bond donors (Lipinski definition) is 5. The van der Waals surface area contributed by atoms with E-state index in [-0.39, 0.29) is 24.1 Å². The van der Waals surface area contributed by atoms with E-state index in [4.69, 9.17) is 4.98 Å². The number of aryl methyl sites for hydroxylation is 1. The maximum absolute atomic E-state index is 12.2. The molecule has 2 fully saturated rings. The first-order valence-corrected chi connectivity index (χ1v) is 12.1. The molecule has 0 aliphatic carbocycles. The van der Waals surface area contributed by atoms with Crippen LogP contribution < -0.4 is 10.6 Å². The van der Waals surface area contributed by atoms with Gasteiger partial charge in [-0.15, -0.1) is 0 Å². The third kappa shape index (κ3) is 4.05. The zero-order valence-corrected chi connectivity index (χ0v) is 20.6. The number of rotatable bonds is 5. The standard InChI is InChI=1S/C25H33N7O3/c1-14-9-21(31-30-14)28-20-11-19-18(6-5-15(13-33)26-19)22(29-20)27-16-10-17-7-8-25(12-16,24(2,3)4)32(17)23(34)35/h5-6,9,11,16-17,33H,7-8,10,12-13H2,1-4H3,(H,34,35)(H3,27,28,29,30,31)/t16-,17-,25+/m0/s1. The lowest BCUT2D eigenvalue weighted by Crippen LogP contribution is -2.63. The van der Waals surface area contributed by atoms with Gasteiger partial charge in [0.15, 0.2) is 5.82 Å². The lowest BCUT2D eigenvalue weighted by Gasteiger charge is -2.53. The zero-order valence-electron chi connectivity index (χ0n) is 20.6. The summed E-state index contributed by atoms with van der Waals surface area (Å²) in [5.74, 6) is 1.93. The predicted octanol–water partition coefficient (Wildman–Crippen LogP) is 4.40. The Labute approximate surface area is 204 Å². The van der Waals surface area contributed by atoms with Crippen molar-refractivity contribution in [2.45, 2.75) is 77.6 Å². The fourth-order valence-electron chi connectivity index (χ4n) is 5.98. The number of aromatic nitrogens is 4. The van der Waals surface area contributed by atoms with Gasteiger partial charge in [-0.25, -0.2) is 9.78 Å². The summed E-state index contributed by atoms with van der Waals surface area (Å²) in [6.45, 7) is 8.19. The van der Waals surface area contributed by atoms with Crippen LogP contribution in [0.4, 0.5) is 22.2 Å². The van der Waals surface area contributed by atoms with Gasteiger partial charge in [-0.1, -0.05) is 20.8 Å². The summed E-state index contributed by atoms with van der Waals surface area (Å²) in [5.41, 5.74) is 1.59. The number of carboxylic acid groups (broad SMARTS) is 1. The molecule has 0 saturated carbocycles. The Balaban J connectivity index is 1.51. The summed E-state index contributed by atoms with van der Waals surface area (Å²) in [6.07, 6.45) is 2.34. The summed E-state index contributed by atoms with van der Waals surface area (Å²) >= 11 is 0. The molecule has 0 spiro atoms. The highest BCUT2D eigenvalue weighted by Gasteiger charge is 2.59. The number of aliphatic hydroxyl groups excluding tert-OH is 1. The maximum atomic E-state index is 12.2. The van der Waals surface area contributed by atoms with Crippen molar-refractivity contribution in [3.63, 3.8) is 0 Å². The minimum Gasteiger partial charge on any atom is -0.465 e. The molecule has 1 amide bonds. The molecule has 10 nitrogen and oxygen atoms in total. The number of H-pyrrole nitrogens is 1. The number of pyridine rings is 2. The summed E-state index contributed by atoms with van der Waals surface area (Å²) in [6, 6.07) is 7.50. The lowest BCUT2D eigenvalue weighted by molar-refractivity contribution is -0.0175. The number of aromatic amines is 1. The van der Waals surface area contributed by atoms with E-state index < -0.39 is 11.6 Å². The average Bonchev–Trinajstić information content (AvgIpc) is 3.31. The highest BCUT2D eigenvalue weighted by molar-refractivity contribution is 5.91. The molecule has 5 N–H and O–H groups in total. The van der Waals surface area contributed by atoms with Gasteiger partial charge in [0.2, 0.25) is 0 Å². The van der Waals surface area contributed by atoms with Gasteiger partial charge in [-0.2, -0.15) is 5.10 Å². The first-order valence-electron chi connectivity index (χ1n) is 12.1. The molecule has 0 radical (unpaired) electrons. The third-order valence-electron chi connectivity index (χ3n) is 7.67. The number of carbonyl (C=O) groups is 1. The molecule has 2 aliphatic rings. The van der Waals surface area contributed by atoms with Crippen LogP contribution in [0.3, 0.4) is 0 Å². The van der Waals surface area contributed by atoms with Crippen LogP contribution in [0.15, 0.2) is 24.3 Å². The number of nitrogens with zero attached hydrogens (tertiary/aromatic N) is 4. The van der Waals surface area contributed by atoms with E-state index in [1.54, 1.807) is 11.0 Å². The Kier molecular flexibility index (Phi) is 5.58. The molecule has 3 aromatic rings. The second-order valence-corrected chi connectivity index (χ2v) is 10.9. The average molecular weight is 480 g/mol. The van der Waals surface area contributed by atoms with E-state index in [1.807, 2.05) is 25.1 Å². The Morgan fingerprint density at radius 1 is 1.26 bits per heavy atom. The monoisotopic (exact) mass is 479 g/mol. The second-order valence-electron chi connectivity index (χ2n) is 10.9. The van der Waals surface area contributed by atoms with E-state index in [2.05, 4.69) is 46.6 Å². The van der Waals surface area contributed by atoms with Crippen molar-refractivity contribution in [1.29, 1.82) is 0 Å². The summed E-state index contributed by atoms with van der Waals surface area (Å²) < 4.78 is 0. The van der Waals surface area contributed by atoms with Gasteiger partial charge in [0, 0.05) is 35.3 Å². The van der Waals surface area contributed by atoms with Crippen LogP contribution in [0.2, 0.25) is 0 Å². The van der Waals surface area contributed by atoms with Crippen LogP contribution in [0.1, 0.15) is 57.8 Å². The van der Waals surface area contributed by atoms with Crippen LogP contribution >= 0.6 is 0 Å². The van der Waals surface area contributed by atoms with E-state index >= 15 is 0 Å². The second kappa shape index (κ2) is 8.37. The highest BCUT2D eigenvalue weighted by atomic mass is 16.4. The van der Waals surface area contributed by atoms with Crippen LogP contribution in [-0.4, -0.2) is 59.0 Å². The molecule has 2 aliphatic heterocycles. The van der Waals surface area contributed by atoms with Crippen LogP contribution in [0, 0.1) is 12.3 Å². The molecule has 5 rings (SSSR count). The summed E-state index contributed by atoms with van der Waals surface area (Å²) in [4.78, 5) is 23.4. The number of hydrogen-bond acceptors (Lipinski definition) is 7. The summed E-state index contributed by atoms with van der Waals surface area (Å²) in [5, 5.41) is 34.5. The van der Waals surface area contributed by atoms with Gasteiger partial charge in [-0.3, -0.25) is 15.0 Å². The Morgan fingerprint density at radius 3 is 2.71 bits per heavy atom. The fourth-order valence-corrected chi connectivity index (χ4v) is 5.98. The minimum atomic E-state index is -0.828. The van der Waals surface area contributed by atoms with Gasteiger partial charge in [-0.05, 0) is 50.2 Å². The van der Waals surface area contributed by atoms with Crippen molar-refractivity contribution in [2.75, 3.05) is 10.6 Å². The van der Waals surface area contributed by atoms with Crippen molar-refractivity contribution in [1.82, 2.24) is 25.1 Å². The Bertz CT molecular complexity index is 1270. The highest BCUT2D eigenvalue weighted by Crippen LogP contribution is 2.53. The Hall–Kier alpha value is -3.40. The molecule has 3 aromatic heterocycles. The van der Waals surface area contributed by atoms with Crippen molar-refractivity contribution >= 4 is 34.4 Å². The topological polar surface area (TPSA) is 139 Å². The molecular formula is C25H33N7O3. The van der Waals surface area contributed by atoms with E-state index in [0.29, 0.717) is 35.1 Å². The fraction of sp³-hybridized carbons (Fsp3) is 0.520. The SMILES string of the molecule is Cc1cc(Nc2cc3nc(CO)ccc3c(N[C@H]3C[C@@H]4CC[C@](C(C)(C)C)(C3)N4C(=O)O)n2)n[nH]1. The quantitative estimate of drug-likeness (QED) is 0.363. The largest absolute Gasteiger partial charge is 0.465 e. The molecular weight excluding hydrogens is 446 g/mol. The first kappa shape index (κ1) is 23.3. The van der Waals surface area contributed by atoms with E-state index in [0.717, 1.165) is 30.3 Å². The summed E-state index contributed by atoms with van der Waals surface area (Å²) in [7, 11) is 0. The normalized spacial score (nSPS) is 24.1. The third-order valence-corrected chi connectivity index (χ3v) is 7.67. The molecule has 186 valence electrons. The molecule has 0 aromatic carbocycles. The molecule has 3 atom stereocenters. The smallest absolute Gasteiger partial charge is 0.408 e. The molecule has 0 unspecified atom stereocenters. The van der Waals surface area contributed by atoms with E-state index in [9.17, 15) is 15.0 Å². The van der Waals surface area contributed by atoms with Gasteiger partial charge in [0.05, 0.1) is 23.4 Å². The number of nitrogens with one attached hydrogen (secondary N) is 3. The molecule has 2 saturated heterocycles. The van der Waals surface area contributed by atoms with Gasteiger partial charge in [0.1, 0.15) is 11.6 Å². The molecule has 5 heterocycles. The van der Waals surface area contributed by atoms with Crippen molar-refractivity contribution in [2.24, 2.45) is 5.41 Å². The van der Waals surface area contributed by atoms with Crippen molar-refractivity contribution in [3.05, 3.63) is 35.7 Å². The lowest BCUT2D eigenvalue weighted by atomic mass is 9.67. The first-order chi connectivity index (χ1) is 16.6. The van der Waals surface area contributed by atoms with Crippen LogP contribution in [0.25, 0.3) is 10.9 Å². The van der Waals surface area contributed by atoms with Crippen LogP contribution in [-0.2, 0) is 6.61 Å². The Morgan fingerprint density at radius 2 is 2.06 bits per heavy atom. The molecule has 35 heavy (non-hydrogen) atoms. The van der Waals surface area contributed by atoms with Crippen LogP contribution in [0.5, 0.6) is 0 Å². The van der Waals surface area contributed by atoms with E-state index in [1.165, 1.54) is 0 Å². The number of anilines is 3. The number of piperidine rings is 1. The maximum Gasteiger partial charge on any atom is 0.408 e. The van der Waals surface area contributed by atoms with Crippen molar-refractivity contribution in [3.8, 4) is 0 Å². The van der Waals surface area contributed by atoms with Gasteiger partial charge in [0.25, 0.3) is 0 Å². The number of fused-ring (bicyclic) bond motifs is 3. The zero-order chi connectivity index (χ0) is 25.0. The van der Waals surface area contributed by atoms with Gasteiger partial charge >= 0.3 is 6.09 Å². The number of aliphatic hydroxyl groups is 1. The molecule has 2 bridgehead atoms. The van der Waals surface area contributed by atoms with Gasteiger partial charge < -0.3 is 20.8 Å². The minimum absolute atomic E-state index is 0.0169. The molecule has 10 heteroatoms. The van der Waals surface area contributed by atoms with Crippen molar-refractivity contribution < 1.29 is 15.0 Å². The predicted molar refractivity (Wildman–Crippen MR) is 134 cm³/mol.